The first kappa shape index (κ1) is 24.3. The van der Waals surface area contributed by atoms with E-state index in [1.54, 1.807) is 11.8 Å². The Kier molecular flexibility index (Phi) is 7.00. The topological polar surface area (TPSA) is 58.4 Å². The number of benzene rings is 1. The monoisotopic (exact) mass is 476 g/mol. The highest BCUT2D eigenvalue weighted by Crippen LogP contribution is 2.31. The molecule has 1 aliphatic heterocycles. The smallest absolute Gasteiger partial charge is 0.343 e. The fourth-order valence-electron chi connectivity index (χ4n) is 4.60. The highest BCUT2D eigenvalue weighted by molar-refractivity contribution is 5.76. The van der Waals surface area contributed by atoms with Gasteiger partial charge in [0.2, 0.25) is 11.8 Å². The van der Waals surface area contributed by atoms with Crippen molar-refractivity contribution in [2.75, 3.05) is 13.1 Å². The molecule has 0 N–H and O–H groups in total. The Morgan fingerprint density at radius 1 is 1.06 bits per heavy atom. The number of piperidine rings is 1. The summed E-state index contributed by atoms with van der Waals surface area (Å²) in [5.74, 6) is 0.481. The number of hydrogen-bond donors (Lipinski definition) is 0. The molecule has 1 aromatic heterocycles. The lowest BCUT2D eigenvalue weighted by atomic mass is 9.90. The average Bonchev–Trinajstić information content (AvgIpc) is 3.55. The zero-order valence-electron chi connectivity index (χ0n) is 19.6. The zero-order chi connectivity index (χ0) is 24.5. The van der Waals surface area contributed by atoms with Gasteiger partial charge in [0, 0.05) is 38.3 Å². The van der Waals surface area contributed by atoms with E-state index >= 15 is 0 Å². The van der Waals surface area contributed by atoms with Crippen molar-refractivity contribution in [2.24, 2.45) is 5.92 Å². The Bertz CT molecular complexity index is 1020. The molecule has 2 amide bonds. The van der Waals surface area contributed by atoms with Crippen LogP contribution in [-0.4, -0.2) is 50.5 Å². The lowest BCUT2D eigenvalue weighted by molar-refractivity contribution is -0.142. The van der Waals surface area contributed by atoms with Crippen LogP contribution in [0.25, 0.3) is 0 Å². The fraction of sp³-hybridized carbons (Fsp3) is 0.560. The molecule has 0 atom stereocenters. The van der Waals surface area contributed by atoms with Gasteiger partial charge in [0.25, 0.3) is 0 Å². The van der Waals surface area contributed by atoms with Crippen molar-refractivity contribution in [3.63, 3.8) is 0 Å². The Hall–Kier alpha value is -2.84. The number of aromatic nitrogens is 2. The molecule has 2 fully saturated rings. The number of amides is 2. The number of hydrogen-bond acceptors (Lipinski definition) is 3. The molecule has 2 aromatic rings. The number of aryl methyl sites for hydroxylation is 1. The van der Waals surface area contributed by atoms with Crippen LogP contribution in [0.1, 0.15) is 55.1 Å². The second kappa shape index (κ2) is 9.80. The molecule has 184 valence electrons. The van der Waals surface area contributed by atoms with E-state index in [-0.39, 0.29) is 24.4 Å². The van der Waals surface area contributed by atoms with Gasteiger partial charge in [-0.25, -0.2) is 0 Å². The lowest BCUT2D eigenvalue weighted by Gasteiger charge is -2.31. The highest BCUT2D eigenvalue weighted by atomic mass is 19.4. The van der Waals surface area contributed by atoms with Crippen LogP contribution in [0.2, 0.25) is 0 Å². The summed E-state index contributed by atoms with van der Waals surface area (Å²) in [7, 11) is 0. The van der Waals surface area contributed by atoms with Crippen LogP contribution in [0.15, 0.2) is 30.3 Å². The number of halogens is 3. The molecule has 0 radical (unpaired) electrons. The quantitative estimate of drug-likeness (QED) is 0.602. The van der Waals surface area contributed by atoms with Crippen LogP contribution >= 0.6 is 0 Å². The molecule has 6 nitrogen and oxygen atoms in total. The van der Waals surface area contributed by atoms with E-state index in [4.69, 9.17) is 0 Å². The predicted molar refractivity (Wildman–Crippen MR) is 121 cm³/mol. The molecule has 0 unspecified atom stereocenters. The number of rotatable bonds is 7. The maximum absolute atomic E-state index is 13.0. The van der Waals surface area contributed by atoms with Gasteiger partial charge in [0.15, 0.2) is 5.69 Å². The Labute approximate surface area is 197 Å². The zero-order valence-corrected chi connectivity index (χ0v) is 19.6. The van der Waals surface area contributed by atoms with Crippen LogP contribution in [-0.2, 0) is 35.3 Å². The summed E-state index contributed by atoms with van der Waals surface area (Å²) in [5.41, 5.74) is 1.58. The van der Waals surface area contributed by atoms with Crippen molar-refractivity contribution in [1.29, 1.82) is 0 Å². The second-order valence-corrected chi connectivity index (χ2v) is 9.55. The minimum absolute atomic E-state index is 0.136. The largest absolute Gasteiger partial charge is 0.435 e. The summed E-state index contributed by atoms with van der Waals surface area (Å²) in [4.78, 5) is 28.1. The van der Waals surface area contributed by atoms with E-state index in [9.17, 15) is 22.8 Å². The maximum Gasteiger partial charge on any atom is 0.435 e. The molecular formula is C25H31F3N4O2. The number of alkyl halides is 3. The first-order valence-electron chi connectivity index (χ1n) is 11.8. The molecule has 1 aliphatic carbocycles. The van der Waals surface area contributed by atoms with Gasteiger partial charge in [-0.1, -0.05) is 24.3 Å². The number of carbonyl (C=O) groups excluding carboxylic acids is 2. The van der Waals surface area contributed by atoms with Crippen molar-refractivity contribution in [3.05, 3.63) is 52.8 Å². The van der Waals surface area contributed by atoms with Crippen LogP contribution in [0.4, 0.5) is 13.2 Å². The molecular weight excluding hydrogens is 445 g/mol. The summed E-state index contributed by atoms with van der Waals surface area (Å²) >= 11 is 0. The van der Waals surface area contributed by atoms with Crippen LogP contribution in [0.3, 0.4) is 0 Å². The van der Waals surface area contributed by atoms with Gasteiger partial charge in [-0.15, -0.1) is 0 Å². The highest BCUT2D eigenvalue weighted by Gasteiger charge is 2.36. The van der Waals surface area contributed by atoms with Crippen molar-refractivity contribution >= 4 is 11.8 Å². The summed E-state index contributed by atoms with van der Waals surface area (Å²) in [6, 6.07) is 9.35. The van der Waals surface area contributed by atoms with E-state index in [2.05, 4.69) is 17.2 Å². The molecule has 2 aliphatic rings. The van der Waals surface area contributed by atoms with Gasteiger partial charge in [-0.2, -0.15) is 18.3 Å². The van der Waals surface area contributed by atoms with Crippen molar-refractivity contribution < 1.29 is 22.8 Å². The van der Waals surface area contributed by atoms with E-state index in [0.29, 0.717) is 18.2 Å². The predicted octanol–water partition coefficient (Wildman–Crippen LogP) is 4.20. The summed E-state index contributed by atoms with van der Waals surface area (Å²) in [5, 5.41) is 3.59. The minimum Gasteiger partial charge on any atom is -0.343 e. The minimum atomic E-state index is -4.53. The molecule has 9 heteroatoms. The number of nitrogens with zero attached hydrogens (tertiary/aromatic N) is 4. The van der Waals surface area contributed by atoms with Gasteiger partial charge >= 0.3 is 6.18 Å². The Balaban J connectivity index is 1.35. The fourth-order valence-corrected chi connectivity index (χ4v) is 4.60. The third-order valence-electron chi connectivity index (χ3n) is 6.82. The van der Waals surface area contributed by atoms with Gasteiger partial charge in [0.05, 0.1) is 0 Å². The van der Waals surface area contributed by atoms with E-state index in [1.807, 2.05) is 17.0 Å². The van der Waals surface area contributed by atoms with E-state index < -0.39 is 11.9 Å². The number of likely N-dealkylation sites (tertiary alicyclic amines) is 1. The maximum atomic E-state index is 13.0. The van der Waals surface area contributed by atoms with Crippen LogP contribution in [0.5, 0.6) is 0 Å². The lowest BCUT2D eigenvalue weighted by Crippen LogP contribution is -2.37. The molecule has 0 spiro atoms. The van der Waals surface area contributed by atoms with Crippen LogP contribution < -0.4 is 0 Å². The van der Waals surface area contributed by atoms with Gasteiger partial charge in [-0.05, 0) is 62.1 Å². The first-order valence-corrected chi connectivity index (χ1v) is 11.8. The average molecular weight is 477 g/mol. The Morgan fingerprint density at radius 3 is 2.21 bits per heavy atom. The third kappa shape index (κ3) is 5.98. The third-order valence-corrected chi connectivity index (χ3v) is 6.82. The molecule has 1 saturated heterocycles. The van der Waals surface area contributed by atoms with Crippen molar-refractivity contribution in [1.82, 2.24) is 19.6 Å². The van der Waals surface area contributed by atoms with Gasteiger partial charge in [-0.3, -0.25) is 14.3 Å². The molecule has 1 saturated carbocycles. The number of carbonyl (C=O) groups is 2. The van der Waals surface area contributed by atoms with E-state index in [1.165, 1.54) is 12.5 Å². The normalized spacial score (nSPS) is 17.1. The van der Waals surface area contributed by atoms with Crippen molar-refractivity contribution in [2.45, 2.75) is 71.3 Å². The summed E-state index contributed by atoms with van der Waals surface area (Å²) < 4.78 is 40.0. The molecule has 2 heterocycles. The van der Waals surface area contributed by atoms with Gasteiger partial charge < -0.3 is 9.80 Å². The Morgan fingerprint density at radius 2 is 1.68 bits per heavy atom. The molecule has 34 heavy (non-hydrogen) atoms. The summed E-state index contributed by atoms with van der Waals surface area (Å²) in [6.07, 6.45) is 0.282. The van der Waals surface area contributed by atoms with Crippen molar-refractivity contribution in [3.8, 4) is 0 Å². The standard InChI is InChI=1S/C25H31F3N4O2/c1-17-13-23(25(26,27)28)29-32(17)16-24(34)31(22-7-8-22)15-21-5-3-19(4-6-21)14-20-9-11-30(12-10-20)18(2)33/h3-6,13,20,22H,7-12,14-16H2,1-2H3. The van der Waals surface area contributed by atoms with Crippen LogP contribution in [0, 0.1) is 12.8 Å². The molecule has 4 rings (SSSR count). The second-order valence-electron chi connectivity index (χ2n) is 9.55. The van der Waals surface area contributed by atoms with Gasteiger partial charge in [0.1, 0.15) is 6.54 Å². The summed E-state index contributed by atoms with van der Waals surface area (Å²) in [6.45, 7) is 5.01. The molecule has 1 aromatic carbocycles. The SMILES string of the molecule is CC(=O)N1CCC(Cc2ccc(CN(C(=O)Cn3nc(C(F)(F)F)cc3C)C3CC3)cc2)CC1. The van der Waals surface area contributed by atoms with E-state index in [0.717, 1.165) is 61.5 Å². The first-order chi connectivity index (χ1) is 16.1. The molecule has 0 bridgehead atoms.